The Morgan fingerprint density at radius 3 is 2.56 bits per heavy atom. The van der Waals surface area contributed by atoms with Crippen molar-refractivity contribution < 1.29 is 0 Å². The van der Waals surface area contributed by atoms with Crippen molar-refractivity contribution in [3.05, 3.63) is 36.5 Å². The molecule has 0 aromatic rings. The lowest BCUT2D eigenvalue weighted by atomic mass is 10.2. The minimum atomic E-state index is 0.123. The van der Waals surface area contributed by atoms with Crippen LogP contribution in [-0.4, -0.2) is 39.3 Å². The van der Waals surface area contributed by atoms with Gasteiger partial charge in [0.05, 0.1) is 0 Å². The van der Waals surface area contributed by atoms with Crippen molar-refractivity contribution in [2.45, 2.75) is 19.9 Å². The van der Waals surface area contributed by atoms with Crippen molar-refractivity contribution in [2.24, 2.45) is 15.0 Å². The SMILES string of the molecule is [B]C=NC=NC(=NC)NC(C)\C=C/C=C\C=C/C. The fourth-order valence-electron chi connectivity index (χ4n) is 1.01. The maximum atomic E-state index is 5.10. The molecule has 94 valence electrons. The van der Waals surface area contributed by atoms with E-state index in [-0.39, 0.29) is 6.04 Å². The zero-order chi connectivity index (χ0) is 13.6. The molecule has 18 heavy (non-hydrogen) atoms. The van der Waals surface area contributed by atoms with Crippen LogP contribution in [0.1, 0.15) is 13.8 Å². The standard InChI is InChI=1S/C13H19BN4/c1-4-5-6-7-8-9-12(2)18-13(15-3)17-11-16-10-14/h4-12H,1-3H3,(H,15,18)/b5-4-,7-6-,9-8-,16-10?,17-11?. The first-order chi connectivity index (χ1) is 8.74. The summed E-state index contributed by atoms with van der Waals surface area (Å²) in [5.41, 5.74) is 0. The molecular weight excluding hydrogens is 223 g/mol. The Morgan fingerprint density at radius 1 is 1.22 bits per heavy atom. The molecule has 5 heteroatoms. The van der Waals surface area contributed by atoms with E-state index in [1.165, 1.54) is 12.5 Å². The first-order valence-electron chi connectivity index (χ1n) is 5.70. The smallest absolute Gasteiger partial charge is 0.219 e. The van der Waals surface area contributed by atoms with E-state index in [0.717, 1.165) is 0 Å². The van der Waals surface area contributed by atoms with Gasteiger partial charge in [-0.1, -0.05) is 36.5 Å². The minimum absolute atomic E-state index is 0.123. The highest BCUT2D eigenvalue weighted by molar-refractivity contribution is 6.50. The van der Waals surface area contributed by atoms with Crippen LogP contribution >= 0.6 is 0 Å². The van der Waals surface area contributed by atoms with Gasteiger partial charge in [-0.2, -0.15) is 0 Å². The predicted molar refractivity (Wildman–Crippen MR) is 81.8 cm³/mol. The summed E-state index contributed by atoms with van der Waals surface area (Å²) in [6.07, 6.45) is 14.4. The van der Waals surface area contributed by atoms with E-state index in [9.17, 15) is 0 Å². The Labute approximate surface area is 110 Å². The summed E-state index contributed by atoms with van der Waals surface area (Å²) in [6, 6.07) is 0.123. The molecule has 0 fully saturated rings. The van der Waals surface area contributed by atoms with Gasteiger partial charge in [-0.3, -0.25) is 9.98 Å². The van der Waals surface area contributed by atoms with E-state index in [0.29, 0.717) is 5.96 Å². The number of guanidine groups is 1. The molecule has 0 saturated carbocycles. The summed E-state index contributed by atoms with van der Waals surface area (Å²) >= 11 is 0. The Bertz CT molecular complexity index is 378. The van der Waals surface area contributed by atoms with Crippen LogP contribution in [0.2, 0.25) is 0 Å². The van der Waals surface area contributed by atoms with Gasteiger partial charge in [-0.15, -0.1) is 0 Å². The van der Waals surface area contributed by atoms with Crippen LogP contribution < -0.4 is 5.32 Å². The Morgan fingerprint density at radius 2 is 1.94 bits per heavy atom. The molecule has 0 aromatic heterocycles. The molecule has 0 spiro atoms. The first kappa shape index (κ1) is 16.1. The van der Waals surface area contributed by atoms with Gasteiger partial charge in [0.1, 0.15) is 14.2 Å². The molecule has 0 rings (SSSR count). The topological polar surface area (TPSA) is 49.1 Å². The van der Waals surface area contributed by atoms with E-state index in [1.807, 2.05) is 50.3 Å². The average molecular weight is 242 g/mol. The fraction of sp³-hybridized carbons (Fsp3) is 0.308. The molecule has 2 radical (unpaired) electrons. The third kappa shape index (κ3) is 9.33. The van der Waals surface area contributed by atoms with Crippen molar-refractivity contribution in [3.8, 4) is 0 Å². The molecule has 4 nitrogen and oxygen atoms in total. The zero-order valence-corrected chi connectivity index (χ0v) is 11.1. The summed E-state index contributed by atoms with van der Waals surface area (Å²) in [4.78, 5) is 11.7. The summed E-state index contributed by atoms with van der Waals surface area (Å²) in [5, 5.41) is 3.12. The average Bonchev–Trinajstić information content (AvgIpc) is 2.37. The maximum absolute atomic E-state index is 5.10. The molecular formula is C13H19BN4. The lowest BCUT2D eigenvalue weighted by Gasteiger charge is -2.08. The number of hydrogen-bond donors (Lipinski definition) is 1. The van der Waals surface area contributed by atoms with Gasteiger partial charge < -0.3 is 5.32 Å². The number of hydrogen-bond acceptors (Lipinski definition) is 1. The molecule has 1 atom stereocenters. The van der Waals surface area contributed by atoms with E-state index in [1.54, 1.807) is 7.05 Å². The monoisotopic (exact) mass is 242 g/mol. The Balaban J connectivity index is 4.24. The molecule has 0 bridgehead atoms. The summed E-state index contributed by atoms with van der Waals surface area (Å²) in [7, 11) is 6.76. The van der Waals surface area contributed by atoms with Crippen LogP contribution in [0.5, 0.6) is 0 Å². The fourth-order valence-corrected chi connectivity index (χ4v) is 1.01. The summed E-state index contributed by atoms with van der Waals surface area (Å²) in [5.74, 6) is 0.509. The molecule has 1 unspecified atom stereocenters. The Kier molecular flexibility index (Phi) is 10.4. The van der Waals surface area contributed by atoms with Crippen LogP contribution in [-0.2, 0) is 0 Å². The van der Waals surface area contributed by atoms with Gasteiger partial charge in [-0.05, 0) is 20.0 Å². The van der Waals surface area contributed by atoms with Crippen LogP contribution in [0.15, 0.2) is 51.4 Å². The number of nitrogens with zero attached hydrogens (tertiary/aromatic N) is 3. The molecule has 0 aliphatic heterocycles. The highest BCUT2D eigenvalue weighted by atomic mass is 15.1. The lowest BCUT2D eigenvalue weighted by Crippen LogP contribution is -2.29. The zero-order valence-electron chi connectivity index (χ0n) is 11.1. The number of rotatable bonds is 5. The van der Waals surface area contributed by atoms with Crippen molar-refractivity contribution >= 4 is 26.3 Å². The van der Waals surface area contributed by atoms with Crippen LogP contribution in [0.4, 0.5) is 0 Å². The Hall–Kier alpha value is -1.91. The predicted octanol–water partition coefficient (Wildman–Crippen LogP) is 1.86. The van der Waals surface area contributed by atoms with E-state index < -0.39 is 0 Å². The molecule has 0 aromatic carbocycles. The summed E-state index contributed by atoms with van der Waals surface area (Å²) in [6.45, 7) is 3.98. The van der Waals surface area contributed by atoms with Crippen molar-refractivity contribution in [3.63, 3.8) is 0 Å². The normalized spacial score (nSPS) is 15.8. The van der Waals surface area contributed by atoms with Gasteiger partial charge in [-0.25, -0.2) is 4.99 Å². The second kappa shape index (κ2) is 11.6. The van der Waals surface area contributed by atoms with Crippen LogP contribution in [0.25, 0.3) is 0 Å². The maximum Gasteiger partial charge on any atom is 0.219 e. The van der Waals surface area contributed by atoms with E-state index in [4.69, 9.17) is 7.85 Å². The number of aliphatic imine (C=N–C) groups is 3. The van der Waals surface area contributed by atoms with E-state index in [2.05, 4.69) is 20.3 Å². The van der Waals surface area contributed by atoms with Crippen LogP contribution in [0, 0.1) is 0 Å². The highest BCUT2D eigenvalue weighted by Crippen LogP contribution is 1.88. The molecule has 1 N–H and O–H groups in total. The lowest BCUT2D eigenvalue weighted by molar-refractivity contribution is 0.797. The molecule has 0 aliphatic rings. The number of nitrogens with one attached hydrogen (secondary N) is 1. The van der Waals surface area contributed by atoms with Gasteiger partial charge >= 0.3 is 0 Å². The van der Waals surface area contributed by atoms with Crippen molar-refractivity contribution in [1.29, 1.82) is 0 Å². The first-order valence-corrected chi connectivity index (χ1v) is 5.70. The van der Waals surface area contributed by atoms with Crippen molar-refractivity contribution in [1.82, 2.24) is 5.32 Å². The molecule has 0 heterocycles. The van der Waals surface area contributed by atoms with Gasteiger partial charge in [0.25, 0.3) is 0 Å². The number of allylic oxidation sites excluding steroid dienone is 5. The van der Waals surface area contributed by atoms with Gasteiger partial charge in [0.15, 0.2) is 0 Å². The van der Waals surface area contributed by atoms with Gasteiger partial charge in [0, 0.05) is 13.1 Å². The molecule has 0 aliphatic carbocycles. The minimum Gasteiger partial charge on any atom is -0.349 e. The largest absolute Gasteiger partial charge is 0.349 e. The molecule has 0 saturated heterocycles. The third-order valence-corrected chi connectivity index (χ3v) is 1.83. The summed E-state index contributed by atoms with van der Waals surface area (Å²) < 4.78 is 0. The second-order valence-electron chi connectivity index (χ2n) is 3.32. The van der Waals surface area contributed by atoms with Crippen molar-refractivity contribution in [2.75, 3.05) is 7.05 Å². The van der Waals surface area contributed by atoms with E-state index >= 15 is 0 Å². The quantitative estimate of drug-likeness (QED) is 0.340. The van der Waals surface area contributed by atoms with Crippen LogP contribution in [0.3, 0.4) is 0 Å². The third-order valence-electron chi connectivity index (χ3n) is 1.83. The molecule has 0 amide bonds. The highest BCUT2D eigenvalue weighted by Gasteiger charge is 1.97. The second-order valence-corrected chi connectivity index (χ2v) is 3.32. The van der Waals surface area contributed by atoms with Gasteiger partial charge in [0.2, 0.25) is 5.96 Å².